The van der Waals surface area contributed by atoms with Crippen LogP contribution in [-0.2, 0) is 9.53 Å². The van der Waals surface area contributed by atoms with Crippen molar-refractivity contribution in [1.29, 1.82) is 0 Å². The van der Waals surface area contributed by atoms with Gasteiger partial charge in [-0.05, 0) is 39.0 Å². The molecule has 1 aliphatic rings. The van der Waals surface area contributed by atoms with Crippen LogP contribution in [-0.4, -0.2) is 24.7 Å². The number of ether oxygens (including phenoxy) is 1. The molecule has 1 fully saturated rings. The Morgan fingerprint density at radius 2 is 2.00 bits per heavy atom. The Balaban J connectivity index is 2.39. The minimum Gasteiger partial charge on any atom is -0.465 e. The maximum atomic E-state index is 11.6. The Bertz CT molecular complexity index is 212. The topological polar surface area (TPSA) is 38.3 Å². The summed E-state index contributed by atoms with van der Waals surface area (Å²) in [6.45, 7) is 6.54. The molecule has 1 aliphatic carbocycles. The molecular formula is C13H25NO2. The average molecular weight is 227 g/mol. The molecule has 1 N–H and O–H groups in total. The Labute approximate surface area is 98.9 Å². The second kappa shape index (κ2) is 6.89. The van der Waals surface area contributed by atoms with Crippen LogP contribution in [0.4, 0.5) is 0 Å². The van der Waals surface area contributed by atoms with Crippen molar-refractivity contribution in [2.45, 2.75) is 65.0 Å². The van der Waals surface area contributed by atoms with E-state index in [0.29, 0.717) is 12.6 Å². The average Bonchev–Trinajstić information content (AvgIpc) is 2.79. The van der Waals surface area contributed by atoms with Gasteiger partial charge in [-0.15, -0.1) is 0 Å². The zero-order chi connectivity index (χ0) is 12.0. The quantitative estimate of drug-likeness (QED) is 0.708. The van der Waals surface area contributed by atoms with Crippen molar-refractivity contribution in [1.82, 2.24) is 5.32 Å². The lowest BCUT2D eigenvalue weighted by atomic mass is 9.98. The number of esters is 1. The third-order valence-corrected chi connectivity index (χ3v) is 3.55. The molecule has 3 nitrogen and oxygen atoms in total. The van der Waals surface area contributed by atoms with E-state index in [9.17, 15) is 4.79 Å². The summed E-state index contributed by atoms with van der Waals surface area (Å²) in [6.07, 6.45) is 6.08. The molecule has 1 unspecified atom stereocenters. The van der Waals surface area contributed by atoms with Crippen molar-refractivity contribution < 1.29 is 9.53 Å². The molecule has 0 heterocycles. The van der Waals surface area contributed by atoms with Gasteiger partial charge in [-0.2, -0.15) is 0 Å². The molecule has 16 heavy (non-hydrogen) atoms. The number of hydrogen-bond donors (Lipinski definition) is 1. The van der Waals surface area contributed by atoms with Crippen LogP contribution >= 0.6 is 0 Å². The van der Waals surface area contributed by atoms with Gasteiger partial charge in [0.1, 0.15) is 6.04 Å². The van der Waals surface area contributed by atoms with Crippen molar-refractivity contribution >= 4 is 5.97 Å². The highest BCUT2D eigenvalue weighted by Crippen LogP contribution is 2.27. The van der Waals surface area contributed by atoms with Crippen molar-refractivity contribution in [3.8, 4) is 0 Å². The highest BCUT2D eigenvalue weighted by Gasteiger charge is 2.26. The summed E-state index contributed by atoms with van der Waals surface area (Å²) in [5.41, 5.74) is 0. The van der Waals surface area contributed by atoms with Crippen LogP contribution in [0.15, 0.2) is 0 Å². The molecule has 1 rings (SSSR count). The monoisotopic (exact) mass is 227 g/mol. The minimum atomic E-state index is -0.129. The lowest BCUT2D eigenvalue weighted by Gasteiger charge is -2.25. The maximum absolute atomic E-state index is 11.6. The second-order valence-electron chi connectivity index (χ2n) is 4.71. The fraction of sp³-hybridized carbons (Fsp3) is 0.923. The molecule has 0 aromatic heterocycles. The molecule has 3 heteroatoms. The molecule has 0 aromatic carbocycles. The molecule has 1 saturated carbocycles. The summed E-state index contributed by atoms with van der Waals surface area (Å²) >= 11 is 0. The Kier molecular flexibility index (Phi) is 5.81. The van der Waals surface area contributed by atoms with E-state index in [1.807, 2.05) is 13.8 Å². The van der Waals surface area contributed by atoms with Crippen LogP contribution in [0.5, 0.6) is 0 Å². The lowest BCUT2D eigenvalue weighted by Crippen LogP contribution is -2.45. The van der Waals surface area contributed by atoms with Gasteiger partial charge in [-0.3, -0.25) is 4.79 Å². The highest BCUT2D eigenvalue weighted by molar-refractivity contribution is 5.75. The number of rotatable bonds is 6. The third-order valence-electron chi connectivity index (χ3n) is 3.55. The Morgan fingerprint density at radius 3 is 2.50 bits per heavy atom. The van der Waals surface area contributed by atoms with Crippen molar-refractivity contribution in [3.63, 3.8) is 0 Å². The second-order valence-corrected chi connectivity index (χ2v) is 4.71. The van der Waals surface area contributed by atoms with Gasteiger partial charge < -0.3 is 10.1 Å². The molecule has 0 aromatic rings. The summed E-state index contributed by atoms with van der Waals surface area (Å²) in [5.74, 6) is 0.637. The first-order valence-corrected chi connectivity index (χ1v) is 6.61. The lowest BCUT2D eigenvalue weighted by molar-refractivity contribution is -0.146. The van der Waals surface area contributed by atoms with E-state index in [1.54, 1.807) is 0 Å². The minimum absolute atomic E-state index is 0.102. The van der Waals surface area contributed by atoms with Gasteiger partial charge in [0.05, 0.1) is 6.61 Å². The number of hydrogen-bond acceptors (Lipinski definition) is 3. The van der Waals surface area contributed by atoms with Gasteiger partial charge in [-0.25, -0.2) is 0 Å². The number of carbonyl (C=O) groups is 1. The fourth-order valence-corrected chi connectivity index (χ4v) is 2.51. The molecular weight excluding hydrogens is 202 g/mol. The van der Waals surface area contributed by atoms with Crippen LogP contribution in [0.1, 0.15) is 52.9 Å². The maximum Gasteiger partial charge on any atom is 0.323 e. The van der Waals surface area contributed by atoms with Gasteiger partial charge in [0.25, 0.3) is 0 Å². The predicted molar refractivity (Wildman–Crippen MR) is 65.3 cm³/mol. The molecule has 0 aliphatic heterocycles. The van der Waals surface area contributed by atoms with Gasteiger partial charge in [-0.1, -0.05) is 19.8 Å². The molecule has 0 radical (unpaired) electrons. The zero-order valence-corrected chi connectivity index (χ0v) is 10.8. The van der Waals surface area contributed by atoms with E-state index in [0.717, 1.165) is 12.3 Å². The van der Waals surface area contributed by atoms with Crippen LogP contribution in [0, 0.1) is 5.92 Å². The van der Waals surface area contributed by atoms with Gasteiger partial charge in [0, 0.05) is 6.04 Å². The molecule has 0 saturated heterocycles. The van der Waals surface area contributed by atoms with E-state index in [1.165, 1.54) is 25.7 Å². The SMILES string of the molecule is CCOC(=O)C(CC)N[C@H](C)C1CCCC1. The first-order valence-electron chi connectivity index (χ1n) is 6.61. The van der Waals surface area contributed by atoms with E-state index < -0.39 is 0 Å². The number of carbonyl (C=O) groups excluding carboxylic acids is 1. The third kappa shape index (κ3) is 3.78. The van der Waals surface area contributed by atoms with Crippen molar-refractivity contribution in [2.75, 3.05) is 6.61 Å². The number of nitrogens with one attached hydrogen (secondary N) is 1. The molecule has 0 spiro atoms. The van der Waals surface area contributed by atoms with E-state index in [4.69, 9.17) is 4.74 Å². The first kappa shape index (κ1) is 13.5. The standard InChI is InChI=1S/C13H25NO2/c1-4-12(13(15)16-5-2)14-10(3)11-8-6-7-9-11/h10-12,14H,4-9H2,1-3H3/t10-,12?/m1/s1. The largest absolute Gasteiger partial charge is 0.465 e. The summed E-state index contributed by atoms with van der Waals surface area (Å²) < 4.78 is 5.06. The van der Waals surface area contributed by atoms with E-state index in [2.05, 4.69) is 12.2 Å². The van der Waals surface area contributed by atoms with Crippen molar-refractivity contribution in [2.24, 2.45) is 5.92 Å². The van der Waals surface area contributed by atoms with Gasteiger partial charge in [0.2, 0.25) is 0 Å². The molecule has 94 valence electrons. The summed E-state index contributed by atoms with van der Waals surface area (Å²) in [7, 11) is 0. The van der Waals surface area contributed by atoms with Crippen LogP contribution in [0.25, 0.3) is 0 Å². The van der Waals surface area contributed by atoms with Gasteiger partial charge in [0.15, 0.2) is 0 Å². The zero-order valence-electron chi connectivity index (χ0n) is 10.8. The molecule has 0 amide bonds. The van der Waals surface area contributed by atoms with Crippen molar-refractivity contribution in [3.05, 3.63) is 0 Å². The van der Waals surface area contributed by atoms with E-state index >= 15 is 0 Å². The summed E-state index contributed by atoms with van der Waals surface area (Å²) in [6, 6.07) is 0.299. The summed E-state index contributed by atoms with van der Waals surface area (Å²) in [5, 5.41) is 3.42. The normalized spacial score (nSPS) is 20.7. The Morgan fingerprint density at radius 1 is 1.38 bits per heavy atom. The fourth-order valence-electron chi connectivity index (χ4n) is 2.51. The van der Waals surface area contributed by atoms with Gasteiger partial charge >= 0.3 is 5.97 Å². The first-order chi connectivity index (χ1) is 7.69. The predicted octanol–water partition coefficient (Wildman–Crippen LogP) is 2.50. The molecule has 2 atom stereocenters. The smallest absolute Gasteiger partial charge is 0.323 e. The molecule has 0 bridgehead atoms. The van der Waals surface area contributed by atoms with Crippen LogP contribution < -0.4 is 5.32 Å². The summed E-state index contributed by atoms with van der Waals surface area (Å²) in [4.78, 5) is 11.6. The Hall–Kier alpha value is -0.570. The van der Waals surface area contributed by atoms with Crippen LogP contribution in [0.2, 0.25) is 0 Å². The van der Waals surface area contributed by atoms with E-state index in [-0.39, 0.29) is 12.0 Å². The highest BCUT2D eigenvalue weighted by atomic mass is 16.5. The van der Waals surface area contributed by atoms with Crippen LogP contribution in [0.3, 0.4) is 0 Å².